The third-order valence-corrected chi connectivity index (χ3v) is 4.40. The number of esters is 1. The average molecular weight is 421 g/mol. The minimum absolute atomic E-state index is 0.140. The van der Waals surface area contributed by atoms with Crippen molar-refractivity contribution in [3.63, 3.8) is 0 Å². The minimum Gasteiger partial charge on any atom is -0.482 e. The Morgan fingerprint density at radius 2 is 1.82 bits per heavy atom. The molecular weight excluding hydrogens is 403 g/mol. The lowest BCUT2D eigenvalue weighted by Gasteiger charge is -2.22. The van der Waals surface area contributed by atoms with Gasteiger partial charge >= 0.3 is 5.97 Å². The number of amides is 1. The van der Waals surface area contributed by atoms with Crippen molar-refractivity contribution >= 4 is 40.8 Å². The second-order valence-electron chi connectivity index (χ2n) is 5.79. The SMILES string of the molecule is Cc1cc(N(CCC#N)C(=O)COC(=O)COc2ccc(Cl)cc2)ccc1Cl. The van der Waals surface area contributed by atoms with Gasteiger partial charge in [0.25, 0.3) is 5.91 Å². The minimum atomic E-state index is -0.684. The van der Waals surface area contributed by atoms with Gasteiger partial charge in [0.2, 0.25) is 0 Å². The molecule has 2 rings (SSSR count). The molecule has 0 N–H and O–H groups in total. The number of anilines is 1. The van der Waals surface area contributed by atoms with Crippen LogP contribution in [0.15, 0.2) is 42.5 Å². The molecule has 0 radical (unpaired) electrons. The van der Waals surface area contributed by atoms with Crippen LogP contribution >= 0.6 is 23.2 Å². The van der Waals surface area contributed by atoms with E-state index in [4.69, 9.17) is 37.9 Å². The molecule has 146 valence electrons. The number of halogens is 2. The highest BCUT2D eigenvalue weighted by Crippen LogP contribution is 2.23. The summed E-state index contributed by atoms with van der Waals surface area (Å²) in [6.45, 7) is 1.19. The van der Waals surface area contributed by atoms with Crippen molar-refractivity contribution in [1.29, 1.82) is 5.26 Å². The van der Waals surface area contributed by atoms with Gasteiger partial charge in [-0.1, -0.05) is 23.2 Å². The maximum Gasteiger partial charge on any atom is 0.344 e. The quantitative estimate of drug-likeness (QED) is 0.598. The molecule has 0 aliphatic carbocycles. The van der Waals surface area contributed by atoms with Crippen molar-refractivity contribution in [3.8, 4) is 11.8 Å². The van der Waals surface area contributed by atoms with Crippen LogP contribution in [0.1, 0.15) is 12.0 Å². The molecule has 8 heteroatoms. The third-order valence-electron chi connectivity index (χ3n) is 3.73. The molecule has 0 atom stereocenters. The summed E-state index contributed by atoms with van der Waals surface area (Å²) in [7, 11) is 0. The summed E-state index contributed by atoms with van der Waals surface area (Å²) in [6, 6.07) is 13.6. The fourth-order valence-corrected chi connectivity index (χ4v) is 2.53. The largest absolute Gasteiger partial charge is 0.482 e. The predicted octanol–water partition coefficient (Wildman–Crippen LogP) is 4.17. The van der Waals surface area contributed by atoms with Crippen LogP contribution in [-0.4, -0.2) is 31.6 Å². The van der Waals surface area contributed by atoms with E-state index < -0.39 is 18.5 Å². The van der Waals surface area contributed by atoms with Gasteiger partial charge in [0.15, 0.2) is 13.2 Å². The molecule has 0 unspecified atom stereocenters. The zero-order valence-corrected chi connectivity index (χ0v) is 16.7. The van der Waals surface area contributed by atoms with Gasteiger partial charge in [-0.3, -0.25) is 4.79 Å². The van der Waals surface area contributed by atoms with E-state index in [0.29, 0.717) is 21.5 Å². The molecule has 0 aliphatic heterocycles. The lowest BCUT2D eigenvalue weighted by Crippen LogP contribution is -2.36. The molecule has 0 bridgehead atoms. The molecule has 0 saturated carbocycles. The molecule has 0 fully saturated rings. The molecule has 2 aromatic carbocycles. The zero-order chi connectivity index (χ0) is 20.5. The number of rotatable bonds is 8. The predicted molar refractivity (Wildman–Crippen MR) is 107 cm³/mol. The van der Waals surface area contributed by atoms with E-state index in [-0.39, 0.29) is 19.6 Å². The van der Waals surface area contributed by atoms with Gasteiger partial charge < -0.3 is 14.4 Å². The summed E-state index contributed by atoms with van der Waals surface area (Å²) in [5.74, 6) is -0.674. The molecule has 0 saturated heterocycles. The lowest BCUT2D eigenvalue weighted by molar-refractivity contribution is -0.149. The molecule has 0 heterocycles. The van der Waals surface area contributed by atoms with E-state index in [1.165, 1.54) is 4.90 Å². The lowest BCUT2D eigenvalue weighted by atomic mass is 10.2. The number of aryl methyl sites for hydroxylation is 1. The first kappa shape index (κ1) is 21.5. The molecular formula is C20H18Cl2N2O4. The van der Waals surface area contributed by atoms with E-state index >= 15 is 0 Å². The Morgan fingerprint density at radius 3 is 2.46 bits per heavy atom. The summed E-state index contributed by atoms with van der Waals surface area (Å²) < 4.78 is 10.3. The normalized spacial score (nSPS) is 10.1. The van der Waals surface area contributed by atoms with Gasteiger partial charge in [-0.25, -0.2) is 4.79 Å². The Labute approximate surface area is 173 Å². The van der Waals surface area contributed by atoms with E-state index in [1.54, 1.807) is 42.5 Å². The van der Waals surface area contributed by atoms with Crippen LogP contribution in [0.5, 0.6) is 5.75 Å². The number of hydrogen-bond donors (Lipinski definition) is 0. The summed E-state index contributed by atoms with van der Waals surface area (Å²) in [4.78, 5) is 25.7. The molecule has 2 aromatic rings. The number of nitriles is 1. The first-order chi connectivity index (χ1) is 13.4. The Morgan fingerprint density at radius 1 is 1.11 bits per heavy atom. The average Bonchev–Trinajstić information content (AvgIpc) is 2.68. The summed E-state index contributed by atoms with van der Waals surface area (Å²) in [5, 5.41) is 9.96. The number of carbonyl (C=O) groups excluding carboxylic acids is 2. The molecule has 1 amide bonds. The molecule has 0 spiro atoms. The van der Waals surface area contributed by atoms with Gasteiger partial charge in [-0.15, -0.1) is 0 Å². The Balaban J connectivity index is 1.92. The van der Waals surface area contributed by atoms with Crippen molar-refractivity contribution in [1.82, 2.24) is 0 Å². The van der Waals surface area contributed by atoms with Crippen molar-refractivity contribution in [2.24, 2.45) is 0 Å². The maximum absolute atomic E-state index is 12.5. The van der Waals surface area contributed by atoms with Crippen LogP contribution in [0.3, 0.4) is 0 Å². The third kappa shape index (κ3) is 6.45. The van der Waals surface area contributed by atoms with Gasteiger partial charge in [0.1, 0.15) is 5.75 Å². The highest BCUT2D eigenvalue weighted by molar-refractivity contribution is 6.31. The van der Waals surface area contributed by atoms with Crippen LogP contribution in [0, 0.1) is 18.3 Å². The summed E-state index contributed by atoms with van der Waals surface area (Å²) in [5.41, 5.74) is 1.37. The number of carbonyl (C=O) groups is 2. The van der Waals surface area contributed by atoms with E-state index in [1.807, 2.05) is 13.0 Å². The first-order valence-electron chi connectivity index (χ1n) is 8.38. The highest BCUT2D eigenvalue weighted by Gasteiger charge is 2.18. The number of ether oxygens (including phenoxy) is 2. The van der Waals surface area contributed by atoms with Gasteiger partial charge in [0, 0.05) is 22.3 Å². The van der Waals surface area contributed by atoms with E-state index in [9.17, 15) is 9.59 Å². The van der Waals surface area contributed by atoms with Crippen molar-refractivity contribution in [2.75, 3.05) is 24.7 Å². The van der Waals surface area contributed by atoms with Crippen molar-refractivity contribution in [3.05, 3.63) is 58.1 Å². The van der Waals surface area contributed by atoms with Crippen LogP contribution < -0.4 is 9.64 Å². The van der Waals surface area contributed by atoms with Crippen LogP contribution in [0.4, 0.5) is 5.69 Å². The second kappa shape index (κ2) is 10.5. The summed E-state index contributed by atoms with van der Waals surface area (Å²) >= 11 is 11.8. The highest BCUT2D eigenvalue weighted by atomic mass is 35.5. The Kier molecular flexibility index (Phi) is 8.12. The topological polar surface area (TPSA) is 79.6 Å². The molecule has 0 aliphatic rings. The van der Waals surface area contributed by atoms with E-state index in [2.05, 4.69) is 0 Å². The monoisotopic (exact) mass is 420 g/mol. The van der Waals surface area contributed by atoms with Crippen LogP contribution in [0.25, 0.3) is 0 Å². The Bertz CT molecular complexity index is 879. The molecule has 6 nitrogen and oxygen atoms in total. The zero-order valence-electron chi connectivity index (χ0n) is 15.2. The van der Waals surface area contributed by atoms with Crippen LogP contribution in [-0.2, 0) is 14.3 Å². The first-order valence-corrected chi connectivity index (χ1v) is 9.13. The van der Waals surface area contributed by atoms with Gasteiger partial charge in [-0.2, -0.15) is 5.26 Å². The fraction of sp³-hybridized carbons (Fsp3) is 0.250. The molecule has 28 heavy (non-hydrogen) atoms. The smallest absolute Gasteiger partial charge is 0.344 e. The van der Waals surface area contributed by atoms with Crippen molar-refractivity contribution < 1.29 is 19.1 Å². The summed E-state index contributed by atoms with van der Waals surface area (Å²) in [6.07, 6.45) is 0.140. The fourth-order valence-electron chi connectivity index (χ4n) is 2.29. The van der Waals surface area contributed by atoms with Crippen molar-refractivity contribution in [2.45, 2.75) is 13.3 Å². The van der Waals surface area contributed by atoms with Gasteiger partial charge in [0.05, 0.1) is 12.5 Å². The van der Waals surface area contributed by atoms with E-state index in [0.717, 1.165) is 5.56 Å². The maximum atomic E-state index is 12.5. The number of nitrogens with zero attached hydrogens (tertiary/aromatic N) is 2. The molecule has 0 aromatic heterocycles. The van der Waals surface area contributed by atoms with Gasteiger partial charge in [-0.05, 0) is 55.0 Å². The standard InChI is InChI=1S/C20H18Cl2N2O4/c1-14-11-16(5-8-18(14)22)24(10-2-9-23)19(25)12-28-20(26)13-27-17-6-3-15(21)4-7-17/h3-8,11H,2,10,12-13H2,1H3. The second-order valence-corrected chi connectivity index (χ2v) is 6.63. The Hall–Kier alpha value is -2.75. The van der Waals surface area contributed by atoms with Crippen LogP contribution in [0.2, 0.25) is 10.0 Å². The number of hydrogen-bond acceptors (Lipinski definition) is 5. The number of benzene rings is 2.